The number of piperidine rings is 1. The first kappa shape index (κ1) is 21.9. The van der Waals surface area contributed by atoms with E-state index in [1.807, 2.05) is 45.0 Å². The Morgan fingerprint density at radius 2 is 1.72 bits per heavy atom. The molecule has 1 saturated heterocycles. The maximum absolute atomic E-state index is 12.2. The summed E-state index contributed by atoms with van der Waals surface area (Å²) in [5.41, 5.74) is 2.29. The second kappa shape index (κ2) is 9.44. The Kier molecular flexibility index (Phi) is 6.45. The van der Waals surface area contributed by atoms with Crippen molar-refractivity contribution < 1.29 is 18.8 Å². The third kappa shape index (κ3) is 5.67. The van der Waals surface area contributed by atoms with E-state index in [9.17, 15) is 4.79 Å². The van der Waals surface area contributed by atoms with E-state index < -0.39 is 5.60 Å². The van der Waals surface area contributed by atoms with Crippen molar-refractivity contribution in [2.45, 2.75) is 51.9 Å². The molecule has 0 spiro atoms. The number of benzene rings is 1. The normalized spacial score (nSPS) is 15.0. The summed E-state index contributed by atoms with van der Waals surface area (Å²) < 4.78 is 16.8. The predicted molar refractivity (Wildman–Crippen MR) is 116 cm³/mol. The number of carbonyl (C=O) groups is 1. The van der Waals surface area contributed by atoms with Crippen LogP contribution in [0.5, 0.6) is 0 Å². The fourth-order valence-corrected chi connectivity index (χ4v) is 3.41. The highest BCUT2D eigenvalue weighted by atomic mass is 16.6. The van der Waals surface area contributed by atoms with Crippen LogP contribution in [0.3, 0.4) is 0 Å². The van der Waals surface area contributed by atoms with Crippen LogP contribution in [0.4, 0.5) is 4.79 Å². The van der Waals surface area contributed by atoms with Crippen LogP contribution in [0.1, 0.15) is 39.4 Å². The highest BCUT2D eigenvalue weighted by Crippen LogP contribution is 2.23. The lowest BCUT2D eigenvalue weighted by Gasteiger charge is -2.33. The number of carbonyl (C=O) groups excluding carboxylic acids is 1. The molecule has 1 aliphatic rings. The van der Waals surface area contributed by atoms with Gasteiger partial charge >= 0.3 is 6.09 Å². The molecule has 0 unspecified atom stereocenters. The first-order chi connectivity index (χ1) is 15.4. The van der Waals surface area contributed by atoms with Crippen molar-refractivity contribution in [3.63, 3.8) is 0 Å². The fourth-order valence-electron chi connectivity index (χ4n) is 3.41. The van der Waals surface area contributed by atoms with Gasteiger partial charge in [0.05, 0.1) is 6.10 Å². The number of likely N-dealkylation sites (tertiary alicyclic amines) is 1. The zero-order valence-corrected chi connectivity index (χ0v) is 18.5. The Balaban J connectivity index is 1.27. The lowest BCUT2D eigenvalue weighted by Crippen LogP contribution is -2.43. The van der Waals surface area contributed by atoms with Crippen molar-refractivity contribution >= 4 is 6.09 Å². The van der Waals surface area contributed by atoms with Gasteiger partial charge in [0, 0.05) is 36.6 Å². The van der Waals surface area contributed by atoms with Crippen molar-refractivity contribution in [3.05, 3.63) is 48.8 Å². The van der Waals surface area contributed by atoms with E-state index in [0.29, 0.717) is 24.8 Å². The molecule has 0 N–H and O–H groups in total. The standard InChI is InChI=1S/C23H27N5O4/c1-23(2,3)31-22(29)28-10-8-19(9-11-28)30-14-20-26-21(32-27-20)17-6-4-16(5-7-17)18-12-24-15-25-13-18/h4-7,12-13,15,19H,8-11,14H2,1-3H3. The molecule has 2 aromatic heterocycles. The topological polar surface area (TPSA) is 103 Å². The fraction of sp³-hybridized carbons (Fsp3) is 0.435. The van der Waals surface area contributed by atoms with Gasteiger partial charge in [-0.2, -0.15) is 4.98 Å². The smallest absolute Gasteiger partial charge is 0.410 e. The molecule has 0 radical (unpaired) electrons. The zero-order valence-electron chi connectivity index (χ0n) is 18.5. The molecule has 3 aromatic rings. The van der Waals surface area contributed by atoms with Gasteiger partial charge in [0.2, 0.25) is 0 Å². The largest absolute Gasteiger partial charge is 0.444 e. The number of hydrogen-bond acceptors (Lipinski definition) is 8. The Morgan fingerprint density at radius 1 is 1.06 bits per heavy atom. The minimum Gasteiger partial charge on any atom is -0.444 e. The number of hydrogen-bond donors (Lipinski definition) is 0. The summed E-state index contributed by atoms with van der Waals surface area (Å²) in [6, 6.07) is 7.78. The molecule has 0 saturated carbocycles. The third-order valence-electron chi connectivity index (χ3n) is 5.04. The number of ether oxygens (including phenoxy) is 2. The molecule has 0 bridgehead atoms. The highest BCUT2D eigenvalue weighted by molar-refractivity contribution is 5.68. The number of nitrogens with zero attached hydrogens (tertiary/aromatic N) is 5. The lowest BCUT2D eigenvalue weighted by molar-refractivity contribution is -0.0190. The first-order valence-corrected chi connectivity index (χ1v) is 10.7. The summed E-state index contributed by atoms with van der Waals surface area (Å²) in [5, 5.41) is 4.03. The van der Waals surface area contributed by atoms with E-state index in [-0.39, 0.29) is 18.8 Å². The average molecular weight is 438 g/mol. The van der Waals surface area contributed by atoms with Crippen molar-refractivity contribution in [2.24, 2.45) is 0 Å². The Hall–Kier alpha value is -3.33. The molecule has 9 nitrogen and oxygen atoms in total. The molecule has 1 aromatic carbocycles. The summed E-state index contributed by atoms with van der Waals surface area (Å²) in [6.07, 6.45) is 6.30. The lowest BCUT2D eigenvalue weighted by atomic mass is 10.1. The van der Waals surface area contributed by atoms with Crippen molar-refractivity contribution in [1.82, 2.24) is 25.0 Å². The van der Waals surface area contributed by atoms with E-state index >= 15 is 0 Å². The van der Waals surface area contributed by atoms with Crippen LogP contribution in [0.15, 0.2) is 47.5 Å². The average Bonchev–Trinajstić information content (AvgIpc) is 3.27. The molecular formula is C23H27N5O4. The molecule has 168 valence electrons. The van der Waals surface area contributed by atoms with Gasteiger partial charge in [-0.1, -0.05) is 17.3 Å². The van der Waals surface area contributed by atoms with Gasteiger partial charge < -0.3 is 18.9 Å². The second-order valence-electron chi connectivity index (χ2n) is 8.70. The van der Waals surface area contributed by atoms with E-state index in [0.717, 1.165) is 29.5 Å². The summed E-state index contributed by atoms with van der Waals surface area (Å²) >= 11 is 0. The molecule has 0 aliphatic carbocycles. The second-order valence-corrected chi connectivity index (χ2v) is 8.70. The van der Waals surface area contributed by atoms with Gasteiger partial charge in [-0.25, -0.2) is 14.8 Å². The van der Waals surface area contributed by atoms with Crippen LogP contribution in [-0.4, -0.2) is 55.9 Å². The minimum atomic E-state index is -0.489. The van der Waals surface area contributed by atoms with Crippen LogP contribution in [0.25, 0.3) is 22.6 Å². The summed E-state index contributed by atoms with van der Waals surface area (Å²) in [7, 11) is 0. The van der Waals surface area contributed by atoms with Gasteiger partial charge in [0.15, 0.2) is 5.82 Å². The highest BCUT2D eigenvalue weighted by Gasteiger charge is 2.27. The van der Waals surface area contributed by atoms with Gasteiger partial charge in [-0.05, 0) is 51.3 Å². The predicted octanol–water partition coefficient (Wildman–Crippen LogP) is 4.11. The molecule has 32 heavy (non-hydrogen) atoms. The van der Waals surface area contributed by atoms with E-state index in [1.54, 1.807) is 17.3 Å². The molecule has 1 aliphatic heterocycles. The molecule has 4 rings (SSSR count). The summed E-state index contributed by atoms with van der Waals surface area (Å²) in [5.74, 6) is 0.939. The van der Waals surface area contributed by atoms with E-state index in [1.165, 1.54) is 6.33 Å². The molecule has 1 amide bonds. The van der Waals surface area contributed by atoms with Gasteiger partial charge in [-0.3, -0.25) is 0 Å². The molecular weight excluding hydrogens is 410 g/mol. The SMILES string of the molecule is CC(C)(C)OC(=O)N1CCC(OCc2noc(-c3ccc(-c4cncnc4)cc3)n2)CC1. The van der Waals surface area contributed by atoms with Crippen molar-refractivity contribution in [1.29, 1.82) is 0 Å². The van der Waals surface area contributed by atoms with Gasteiger partial charge in [0.1, 0.15) is 18.5 Å². The van der Waals surface area contributed by atoms with E-state index in [2.05, 4.69) is 20.1 Å². The Labute approximate surface area is 186 Å². The molecule has 9 heteroatoms. The third-order valence-corrected chi connectivity index (χ3v) is 5.04. The number of rotatable bonds is 5. The minimum absolute atomic E-state index is 0.0445. The van der Waals surface area contributed by atoms with Crippen LogP contribution >= 0.6 is 0 Å². The van der Waals surface area contributed by atoms with Crippen molar-refractivity contribution in [2.75, 3.05) is 13.1 Å². The van der Waals surface area contributed by atoms with Crippen LogP contribution < -0.4 is 0 Å². The summed E-state index contributed by atoms with van der Waals surface area (Å²) in [6.45, 7) is 7.08. The van der Waals surface area contributed by atoms with E-state index in [4.69, 9.17) is 14.0 Å². The number of amides is 1. The maximum Gasteiger partial charge on any atom is 0.410 e. The molecule has 3 heterocycles. The van der Waals surface area contributed by atoms with Gasteiger partial charge in [-0.15, -0.1) is 0 Å². The first-order valence-electron chi connectivity index (χ1n) is 10.7. The maximum atomic E-state index is 12.2. The Morgan fingerprint density at radius 3 is 2.38 bits per heavy atom. The molecule has 1 fully saturated rings. The summed E-state index contributed by atoms with van der Waals surface area (Å²) in [4.78, 5) is 26.4. The van der Waals surface area contributed by atoms with Gasteiger partial charge in [0.25, 0.3) is 5.89 Å². The Bertz CT molecular complexity index is 1020. The number of aromatic nitrogens is 4. The van der Waals surface area contributed by atoms with Crippen LogP contribution in [0, 0.1) is 0 Å². The molecule has 0 atom stereocenters. The van der Waals surface area contributed by atoms with Crippen molar-refractivity contribution in [3.8, 4) is 22.6 Å². The van der Waals surface area contributed by atoms with Crippen LogP contribution in [-0.2, 0) is 16.1 Å². The zero-order chi connectivity index (χ0) is 22.6. The monoisotopic (exact) mass is 437 g/mol. The quantitative estimate of drug-likeness (QED) is 0.587. The van der Waals surface area contributed by atoms with Crippen LogP contribution in [0.2, 0.25) is 0 Å².